The lowest BCUT2D eigenvalue weighted by atomic mass is 9.63. The van der Waals surface area contributed by atoms with Gasteiger partial charge < -0.3 is 19.7 Å². The second kappa shape index (κ2) is 11.2. The number of rotatable bonds is 14. The summed E-state index contributed by atoms with van der Waals surface area (Å²) in [5, 5.41) is 22.3. The van der Waals surface area contributed by atoms with Gasteiger partial charge in [0.25, 0.3) is 0 Å². The quantitative estimate of drug-likeness (QED) is 0.161. The summed E-state index contributed by atoms with van der Waals surface area (Å²) in [6, 6.07) is 0. The summed E-state index contributed by atoms with van der Waals surface area (Å²) >= 11 is 4.26. The van der Waals surface area contributed by atoms with Crippen LogP contribution in [0, 0.1) is 29.1 Å². The van der Waals surface area contributed by atoms with Crippen LogP contribution in [0.2, 0.25) is 0 Å². The molecule has 2 N–H and O–H groups in total. The largest absolute Gasteiger partial charge is 0.396 e. The average molecular weight is 523 g/mol. The highest BCUT2D eigenvalue weighted by atomic mass is 32.2. The molecule has 5 rings (SSSR count). The number of aliphatic hydroxyl groups is 2. The highest BCUT2D eigenvalue weighted by Crippen LogP contribution is 2.81. The van der Waals surface area contributed by atoms with Gasteiger partial charge in [-0.15, -0.1) is 23.5 Å². The molecule has 6 heteroatoms. The Morgan fingerprint density at radius 1 is 1.29 bits per heavy atom. The van der Waals surface area contributed by atoms with E-state index in [4.69, 9.17) is 9.47 Å². The van der Waals surface area contributed by atoms with Gasteiger partial charge in [0, 0.05) is 31.5 Å². The topological polar surface area (TPSA) is 58.9 Å². The first kappa shape index (κ1) is 27.8. The van der Waals surface area contributed by atoms with Gasteiger partial charge in [0.2, 0.25) is 0 Å². The third-order valence-electron chi connectivity index (χ3n) is 9.38. The van der Waals surface area contributed by atoms with Gasteiger partial charge in [-0.05, 0) is 80.3 Å². The fourth-order valence-electron chi connectivity index (χ4n) is 7.51. The second-order valence-electron chi connectivity index (χ2n) is 11.6. The van der Waals surface area contributed by atoms with Gasteiger partial charge in [-0.1, -0.05) is 43.7 Å². The number of methoxy groups -OCH3 is 1. The summed E-state index contributed by atoms with van der Waals surface area (Å²) in [5.41, 5.74) is 2.72. The van der Waals surface area contributed by atoms with Crippen molar-refractivity contribution in [1.29, 1.82) is 0 Å². The van der Waals surface area contributed by atoms with Crippen LogP contribution in [0.4, 0.5) is 0 Å². The minimum atomic E-state index is -0.860. The number of ether oxygens (including phenoxy) is 2. The number of fused-ring (bicyclic) bond motifs is 1. The zero-order valence-electron chi connectivity index (χ0n) is 22.0. The summed E-state index contributed by atoms with van der Waals surface area (Å²) in [4.78, 5) is 0. The summed E-state index contributed by atoms with van der Waals surface area (Å²) < 4.78 is 10.7. The number of allylic oxidation sites excluding steroid dienone is 1. The number of aliphatic hydroxyl groups excluding tert-OH is 1. The van der Waals surface area contributed by atoms with Gasteiger partial charge in [-0.2, -0.15) is 0 Å². The van der Waals surface area contributed by atoms with Crippen molar-refractivity contribution in [3.63, 3.8) is 0 Å². The molecule has 0 aromatic heterocycles. The second-order valence-corrected chi connectivity index (χ2v) is 14.8. The lowest BCUT2D eigenvalue weighted by Gasteiger charge is -2.45. The summed E-state index contributed by atoms with van der Waals surface area (Å²) in [6.07, 6.45) is 11.1. The molecule has 1 saturated heterocycles. The summed E-state index contributed by atoms with van der Waals surface area (Å²) in [7, 11) is 1.65. The molecule has 4 aliphatic carbocycles. The first-order chi connectivity index (χ1) is 16.7. The van der Waals surface area contributed by atoms with Crippen molar-refractivity contribution in [3.8, 4) is 0 Å². The summed E-state index contributed by atoms with van der Waals surface area (Å²) in [6.45, 7) is 14.3. The molecule has 35 heavy (non-hydrogen) atoms. The zero-order valence-corrected chi connectivity index (χ0v) is 23.7. The Balaban J connectivity index is 1.32. The Morgan fingerprint density at radius 3 is 2.66 bits per heavy atom. The van der Waals surface area contributed by atoms with Crippen LogP contribution >= 0.6 is 23.5 Å². The number of thioether (sulfide) groups is 2. The monoisotopic (exact) mass is 522 g/mol. The maximum atomic E-state index is 11.9. The van der Waals surface area contributed by atoms with E-state index >= 15 is 0 Å². The maximum Gasteiger partial charge on any atom is 0.146 e. The third kappa shape index (κ3) is 5.22. The molecule has 0 aromatic carbocycles. The zero-order chi connectivity index (χ0) is 25.3. The van der Waals surface area contributed by atoms with E-state index < -0.39 is 5.60 Å². The van der Waals surface area contributed by atoms with Crippen molar-refractivity contribution in [3.05, 3.63) is 36.0 Å². The van der Waals surface area contributed by atoms with E-state index in [-0.39, 0.29) is 33.9 Å². The fourth-order valence-corrected chi connectivity index (χ4v) is 10.9. The van der Waals surface area contributed by atoms with Gasteiger partial charge >= 0.3 is 0 Å². The molecule has 0 unspecified atom stereocenters. The molecule has 4 saturated carbocycles. The SMILES string of the molecule is C=C1[C@@H]2[C@H]3[C@]2(C)CC[C@@H]1[C@@]3(O)C(=C)[C@H](CO)CCCC1(CC/C=C(\C)COCOC)SCCCS1. The van der Waals surface area contributed by atoms with Gasteiger partial charge in [0.1, 0.15) is 6.79 Å². The van der Waals surface area contributed by atoms with Crippen LogP contribution in [-0.4, -0.2) is 58.5 Å². The van der Waals surface area contributed by atoms with Crippen LogP contribution in [0.1, 0.15) is 65.2 Å². The van der Waals surface area contributed by atoms with E-state index in [9.17, 15) is 10.2 Å². The molecule has 0 radical (unpaired) electrons. The molecular formula is C29H46O4S2. The molecule has 1 heterocycles. The predicted octanol–water partition coefficient (Wildman–Crippen LogP) is 6.20. The summed E-state index contributed by atoms with van der Waals surface area (Å²) in [5.74, 6) is 3.29. The predicted molar refractivity (Wildman–Crippen MR) is 149 cm³/mol. The van der Waals surface area contributed by atoms with E-state index in [2.05, 4.69) is 56.6 Å². The Bertz CT molecular complexity index is 819. The molecule has 5 fully saturated rings. The molecular weight excluding hydrogens is 476 g/mol. The Kier molecular flexibility index (Phi) is 8.93. The molecule has 4 nitrogen and oxygen atoms in total. The van der Waals surface area contributed by atoms with Crippen LogP contribution < -0.4 is 0 Å². The molecule has 4 bridgehead atoms. The van der Waals surface area contributed by atoms with E-state index in [0.29, 0.717) is 19.3 Å². The molecule has 6 atom stereocenters. The smallest absolute Gasteiger partial charge is 0.146 e. The first-order valence-corrected chi connectivity index (χ1v) is 15.4. The third-order valence-corrected chi connectivity index (χ3v) is 12.9. The Labute approximate surface area is 221 Å². The van der Waals surface area contributed by atoms with Crippen molar-refractivity contribution in [2.75, 3.05) is 38.6 Å². The van der Waals surface area contributed by atoms with Crippen molar-refractivity contribution in [2.24, 2.45) is 29.1 Å². The molecule has 5 aliphatic rings. The maximum absolute atomic E-state index is 11.9. The van der Waals surface area contributed by atoms with Crippen LogP contribution in [0.15, 0.2) is 36.0 Å². The average Bonchev–Trinajstić information content (AvgIpc) is 3.44. The lowest BCUT2D eigenvalue weighted by Crippen LogP contribution is -2.47. The van der Waals surface area contributed by atoms with Gasteiger partial charge in [0.15, 0.2) is 0 Å². The molecule has 1 aliphatic heterocycles. The van der Waals surface area contributed by atoms with Crippen LogP contribution in [0.3, 0.4) is 0 Å². The molecule has 0 aromatic rings. The van der Waals surface area contributed by atoms with E-state index in [1.54, 1.807) is 7.11 Å². The van der Waals surface area contributed by atoms with E-state index in [0.717, 1.165) is 44.1 Å². The molecule has 0 spiro atoms. The van der Waals surface area contributed by atoms with E-state index in [1.807, 2.05) is 0 Å². The Hall–Kier alpha value is -0.240. The standard InChI is InChI=1S/C29H46O4S2/c1-20(18-33-19-32-5)9-6-12-28(34-15-8-16-35-28)13-7-10-23(17-30)22(3)29(31)24-11-14-27(4)25(21(24)2)26(27)29/h9,23-26,30-31H,2-3,6-8,10-19H2,1,4-5H3/b20-9+/t23-,24-,25+,26-,27+,29-/m0/s1. The minimum absolute atomic E-state index is 0.0345. The van der Waals surface area contributed by atoms with Gasteiger partial charge in [-0.3, -0.25) is 0 Å². The van der Waals surface area contributed by atoms with Gasteiger partial charge in [0.05, 0.1) is 16.3 Å². The van der Waals surface area contributed by atoms with Crippen LogP contribution in [0.5, 0.6) is 0 Å². The van der Waals surface area contributed by atoms with Crippen LogP contribution in [-0.2, 0) is 9.47 Å². The fraction of sp³-hybridized carbons (Fsp3) is 0.793. The first-order valence-electron chi connectivity index (χ1n) is 13.4. The highest BCUT2D eigenvalue weighted by molar-refractivity contribution is 8.18. The normalized spacial score (nSPS) is 36.3. The number of hydrogen-bond acceptors (Lipinski definition) is 6. The van der Waals surface area contributed by atoms with Gasteiger partial charge in [-0.25, -0.2) is 0 Å². The van der Waals surface area contributed by atoms with Crippen molar-refractivity contribution in [2.45, 2.75) is 74.9 Å². The van der Waals surface area contributed by atoms with Crippen molar-refractivity contribution in [1.82, 2.24) is 0 Å². The highest BCUT2D eigenvalue weighted by Gasteiger charge is 2.80. The molecule has 198 valence electrons. The van der Waals surface area contributed by atoms with Crippen LogP contribution in [0.25, 0.3) is 0 Å². The lowest BCUT2D eigenvalue weighted by molar-refractivity contribution is -0.0303. The molecule has 0 amide bonds. The van der Waals surface area contributed by atoms with Crippen molar-refractivity contribution < 1.29 is 19.7 Å². The minimum Gasteiger partial charge on any atom is -0.396 e. The Morgan fingerprint density at radius 2 is 2.03 bits per heavy atom. The van der Waals surface area contributed by atoms with Crippen molar-refractivity contribution >= 4 is 23.5 Å². The number of hydrogen-bond donors (Lipinski definition) is 2. The van der Waals surface area contributed by atoms with E-state index in [1.165, 1.54) is 35.5 Å².